The zero-order valence-corrected chi connectivity index (χ0v) is 12.3. The molecule has 1 heterocycles. The summed E-state index contributed by atoms with van der Waals surface area (Å²) < 4.78 is 6.28. The van der Waals surface area contributed by atoms with Crippen LogP contribution in [0.3, 0.4) is 0 Å². The zero-order chi connectivity index (χ0) is 14.4. The Morgan fingerprint density at radius 3 is 3.00 bits per heavy atom. The lowest BCUT2D eigenvalue weighted by molar-refractivity contribution is 0.316. The fraction of sp³-hybridized carbons (Fsp3) is 0.231. The number of aromatic nitrogens is 2. The normalized spacial score (nSPS) is 10.2. The van der Waals surface area contributed by atoms with Crippen molar-refractivity contribution in [3.05, 3.63) is 45.4 Å². The Kier molecular flexibility index (Phi) is 5.00. The number of benzene rings is 1. The van der Waals surface area contributed by atoms with Gasteiger partial charge >= 0.3 is 5.69 Å². The van der Waals surface area contributed by atoms with Crippen LogP contribution in [-0.2, 0) is 0 Å². The molecule has 0 aliphatic heterocycles. The molecule has 0 atom stereocenters. The maximum atomic E-state index is 11.1. The molecule has 2 aromatic rings. The Hall–Kier alpha value is -2.02. The zero-order valence-electron chi connectivity index (χ0n) is 10.7. The molecule has 0 saturated carbocycles. The highest BCUT2D eigenvalue weighted by Crippen LogP contribution is 2.20. The van der Waals surface area contributed by atoms with Crippen molar-refractivity contribution >= 4 is 27.4 Å². The van der Waals surface area contributed by atoms with Gasteiger partial charge in [0.05, 0.1) is 23.0 Å². The Morgan fingerprint density at radius 1 is 1.40 bits per heavy atom. The molecule has 0 saturated heterocycles. The second-order valence-corrected chi connectivity index (χ2v) is 4.93. The van der Waals surface area contributed by atoms with E-state index >= 15 is 0 Å². The summed E-state index contributed by atoms with van der Waals surface area (Å²) >= 11 is 3.30. The average molecular weight is 339 g/mol. The SMILES string of the molecule is Nc1ccccc1OCCCNc1[nH]c(=O)ncc1Br. The lowest BCUT2D eigenvalue weighted by Gasteiger charge is -2.10. The molecule has 6 nitrogen and oxygen atoms in total. The molecule has 0 aliphatic carbocycles. The number of hydrogen-bond acceptors (Lipinski definition) is 5. The van der Waals surface area contributed by atoms with Crippen LogP contribution in [0.15, 0.2) is 39.7 Å². The van der Waals surface area contributed by atoms with Crippen molar-refractivity contribution in [1.29, 1.82) is 0 Å². The number of nitrogens with one attached hydrogen (secondary N) is 2. The maximum absolute atomic E-state index is 11.1. The van der Waals surface area contributed by atoms with Gasteiger partial charge in [-0.05, 0) is 34.5 Å². The van der Waals surface area contributed by atoms with E-state index in [1.165, 1.54) is 6.20 Å². The van der Waals surface area contributed by atoms with E-state index < -0.39 is 0 Å². The van der Waals surface area contributed by atoms with Crippen LogP contribution in [0.4, 0.5) is 11.5 Å². The minimum Gasteiger partial charge on any atom is -0.491 e. The number of H-pyrrole nitrogens is 1. The van der Waals surface area contributed by atoms with E-state index in [-0.39, 0.29) is 5.69 Å². The number of rotatable bonds is 6. The molecule has 106 valence electrons. The van der Waals surface area contributed by atoms with Gasteiger partial charge in [-0.2, -0.15) is 0 Å². The van der Waals surface area contributed by atoms with Crippen molar-refractivity contribution in [2.24, 2.45) is 0 Å². The summed E-state index contributed by atoms with van der Waals surface area (Å²) in [6.07, 6.45) is 2.23. The molecule has 0 aliphatic rings. The summed E-state index contributed by atoms with van der Waals surface area (Å²) in [4.78, 5) is 17.3. The lowest BCUT2D eigenvalue weighted by Crippen LogP contribution is -2.15. The molecule has 0 unspecified atom stereocenters. The predicted octanol–water partition coefficient (Wildman–Crippen LogP) is 2.00. The summed E-state index contributed by atoms with van der Waals surface area (Å²) in [7, 11) is 0. The molecule has 0 spiro atoms. The fourth-order valence-corrected chi connectivity index (χ4v) is 1.93. The van der Waals surface area contributed by atoms with Gasteiger partial charge in [0.1, 0.15) is 11.6 Å². The summed E-state index contributed by atoms with van der Waals surface area (Å²) in [5, 5.41) is 3.10. The molecule has 1 aromatic heterocycles. The molecule has 0 bridgehead atoms. The molecule has 4 N–H and O–H groups in total. The standard InChI is InChI=1S/C13H15BrN4O2/c14-9-8-17-13(19)18-12(9)16-6-3-7-20-11-5-2-1-4-10(11)15/h1-2,4-5,8H,3,6-7,15H2,(H2,16,17,18,19). The first-order valence-electron chi connectivity index (χ1n) is 6.13. The highest BCUT2D eigenvalue weighted by molar-refractivity contribution is 9.10. The number of nitrogens with zero attached hydrogens (tertiary/aromatic N) is 1. The Morgan fingerprint density at radius 2 is 2.20 bits per heavy atom. The van der Waals surface area contributed by atoms with Gasteiger partial charge in [0, 0.05) is 6.54 Å². The summed E-state index contributed by atoms with van der Waals surface area (Å²) in [6, 6.07) is 7.37. The van der Waals surface area contributed by atoms with Gasteiger partial charge < -0.3 is 15.8 Å². The number of anilines is 2. The third kappa shape index (κ3) is 3.99. The van der Waals surface area contributed by atoms with Gasteiger partial charge in [-0.3, -0.25) is 4.98 Å². The first kappa shape index (κ1) is 14.4. The van der Waals surface area contributed by atoms with Crippen LogP contribution in [0.1, 0.15) is 6.42 Å². The minimum absolute atomic E-state index is 0.385. The second kappa shape index (κ2) is 6.95. The monoisotopic (exact) mass is 338 g/mol. The molecule has 0 radical (unpaired) electrons. The first-order valence-corrected chi connectivity index (χ1v) is 6.92. The van der Waals surface area contributed by atoms with Crippen LogP contribution < -0.4 is 21.5 Å². The quantitative estimate of drug-likeness (QED) is 0.553. The smallest absolute Gasteiger partial charge is 0.346 e. The molecule has 0 amide bonds. The third-order valence-corrected chi connectivity index (χ3v) is 3.17. The first-order chi connectivity index (χ1) is 9.66. The van der Waals surface area contributed by atoms with E-state index in [0.717, 1.165) is 6.42 Å². The number of ether oxygens (including phenoxy) is 1. The van der Waals surface area contributed by atoms with Gasteiger partial charge in [-0.1, -0.05) is 12.1 Å². The molecule has 7 heteroatoms. The number of halogens is 1. The molecule has 20 heavy (non-hydrogen) atoms. The number of nitrogen functional groups attached to an aromatic ring is 1. The fourth-order valence-electron chi connectivity index (χ4n) is 1.59. The summed E-state index contributed by atoms with van der Waals surface area (Å²) in [5.41, 5.74) is 6.01. The van der Waals surface area contributed by atoms with Crippen LogP contribution in [0.25, 0.3) is 0 Å². The Bertz CT molecular complexity index is 630. The van der Waals surface area contributed by atoms with Crippen molar-refractivity contribution in [1.82, 2.24) is 9.97 Å². The van der Waals surface area contributed by atoms with Crippen LogP contribution in [0.5, 0.6) is 5.75 Å². The average Bonchev–Trinajstić information content (AvgIpc) is 2.44. The van der Waals surface area contributed by atoms with Gasteiger partial charge in [0.25, 0.3) is 0 Å². The highest BCUT2D eigenvalue weighted by atomic mass is 79.9. The number of aromatic amines is 1. The summed E-state index contributed by atoms with van der Waals surface area (Å²) in [5.74, 6) is 1.30. The Balaban J connectivity index is 1.76. The highest BCUT2D eigenvalue weighted by Gasteiger charge is 2.01. The van der Waals surface area contributed by atoms with Gasteiger partial charge in [-0.25, -0.2) is 9.78 Å². The molecule has 2 rings (SSSR count). The van der Waals surface area contributed by atoms with Crippen molar-refractivity contribution in [2.75, 3.05) is 24.2 Å². The van der Waals surface area contributed by atoms with Gasteiger partial charge in [-0.15, -0.1) is 0 Å². The largest absolute Gasteiger partial charge is 0.491 e. The van der Waals surface area contributed by atoms with E-state index in [0.29, 0.717) is 34.9 Å². The molecular weight excluding hydrogens is 324 g/mol. The second-order valence-electron chi connectivity index (χ2n) is 4.08. The van der Waals surface area contributed by atoms with E-state index in [1.54, 1.807) is 6.07 Å². The van der Waals surface area contributed by atoms with Gasteiger partial charge in [0.15, 0.2) is 0 Å². The van der Waals surface area contributed by atoms with E-state index in [9.17, 15) is 4.79 Å². The van der Waals surface area contributed by atoms with Crippen molar-refractivity contribution < 1.29 is 4.74 Å². The number of hydrogen-bond donors (Lipinski definition) is 3. The van der Waals surface area contributed by atoms with E-state index in [1.807, 2.05) is 18.2 Å². The predicted molar refractivity (Wildman–Crippen MR) is 82.0 cm³/mol. The van der Waals surface area contributed by atoms with Gasteiger partial charge in [0.2, 0.25) is 0 Å². The van der Waals surface area contributed by atoms with Crippen LogP contribution in [-0.4, -0.2) is 23.1 Å². The lowest BCUT2D eigenvalue weighted by atomic mass is 10.3. The van der Waals surface area contributed by atoms with E-state index in [4.69, 9.17) is 10.5 Å². The third-order valence-electron chi connectivity index (χ3n) is 2.57. The van der Waals surface area contributed by atoms with Crippen LogP contribution in [0, 0.1) is 0 Å². The summed E-state index contributed by atoms with van der Waals surface area (Å²) in [6.45, 7) is 1.19. The Labute approximate surface area is 124 Å². The van der Waals surface area contributed by atoms with Crippen LogP contribution in [0.2, 0.25) is 0 Å². The van der Waals surface area contributed by atoms with Crippen molar-refractivity contribution in [3.8, 4) is 5.75 Å². The number of para-hydroxylation sites is 2. The molecule has 1 aromatic carbocycles. The van der Waals surface area contributed by atoms with Crippen LogP contribution >= 0.6 is 15.9 Å². The van der Waals surface area contributed by atoms with E-state index in [2.05, 4.69) is 31.2 Å². The van der Waals surface area contributed by atoms with Crippen molar-refractivity contribution in [3.63, 3.8) is 0 Å². The van der Waals surface area contributed by atoms with Crippen molar-refractivity contribution in [2.45, 2.75) is 6.42 Å². The maximum Gasteiger partial charge on any atom is 0.346 e. The topological polar surface area (TPSA) is 93.0 Å². The minimum atomic E-state index is -0.385. The number of nitrogens with two attached hydrogens (primary N) is 1. The molecule has 0 fully saturated rings. The molecular formula is C13H15BrN4O2.